The monoisotopic (exact) mass is 348 g/mol. The number of nitro benzene ring substituents is 1. The Labute approximate surface area is 136 Å². The van der Waals surface area contributed by atoms with Crippen molar-refractivity contribution in [2.45, 2.75) is 9.79 Å². The molecule has 1 aromatic heterocycles. The van der Waals surface area contributed by atoms with Crippen LogP contribution in [0.4, 0.5) is 5.69 Å². The fraction of sp³-hybridized carbons (Fsp3) is 0. The Balaban J connectivity index is 2.36. The summed E-state index contributed by atoms with van der Waals surface area (Å²) in [7, 11) is -4.08. The minimum absolute atomic E-state index is 0.101. The van der Waals surface area contributed by atoms with Gasteiger partial charge in [0.15, 0.2) is 0 Å². The SMILES string of the molecule is O=[N+]([O-])c1c(S(=O)(=O)c2cccc(Cl)c2)ccc2ncccc12. The molecule has 23 heavy (non-hydrogen) atoms. The first-order chi connectivity index (χ1) is 10.9. The first-order valence-corrected chi connectivity index (χ1v) is 8.30. The summed E-state index contributed by atoms with van der Waals surface area (Å²) < 4.78 is 25.5. The molecule has 6 nitrogen and oxygen atoms in total. The molecule has 0 unspecified atom stereocenters. The van der Waals surface area contributed by atoms with Crippen LogP contribution >= 0.6 is 11.6 Å². The van der Waals surface area contributed by atoms with E-state index in [2.05, 4.69) is 4.98 Å². The third kappa shape index (κ3) is 2.64. The van der Waals surface area contributed by atoms with E-state index < -0.39 is 20.4 Å². The van der Waals surface area contributed by atoms with Crippen molar-refractivity contribution in [2.75, 3.05) is 0 Å². The Morgan fingerprint density at radius 3 is 2.57 bits per heavy atom. The summed E-state index contributed by atoms with van der Waals surface area (Å²) in [5.41, 5.74) is -0.139. The van der Waals surface area contributed by atoms with E-state index >= 15 is 0 Å². The highest BCUT2D eigenvalue weighted by Gasteiger charge is 2.30. The van der Waals surface area contributed by atoms with Crippen LogP contribution in [0.5, 0.6) is 0 Å². The van der Waals surface area contributed by atoms with Crippen molar-refractivity contribution in [3.05, 3.63) is 69.9 Å². The summed E-state index contributed by atoms with van der Waals surface area (Å²) in [4.78, 5) is 14.3. The number of nitrogens with zero attached hydrogens (tertiary/aromatic N) is 2. The molecule has 1 heterocycles. The van der Waals surface area contributed by atoms with E-state index in [1.54, 1.807) is 0 Å². The lowest BCUT2D eigenvalue weighted by Gasteiger charge is -2.08. The molecule has 8 heteroatoms. The highest BCUT2D eigenvalue weighted by atomic mass is 35.5. The van der Waals surface area contributed by atoms with Gasteiger partial charge in [0, 0.05) is 11.2 Å². The van der Waals surface area contributed by atoms with Gasteiger partial charge in [0.2, 0.25) is 9.84 Å². The van der Waals surface area contributed by atoms with Gasteiger partial charge in [0.1, 0.15) is 4.90 Å². The van der Waals surface area contributed by atoms with Gasteiger partial charge < -0.3 is 0 Å². The van der Waals surface area contributed by atoms with Crippen molar-refractivity contribution in [3.63, 3.8) is 0 Å². The van der Waals surface area contributed by atoms with E-state index in [4.69, 9.17) is 11.6 Å². The molecule has 0 saturated carbocycles. The first kappa shape index (κ1) is 15.4. The van der Waals surface area contributed by atoms with Crippen LogP contribution in [0.3, 0.4) is 0 Å². The predicted octanol–water partition coefficient (Wildman–Crippen LogP) is 3.63. The minimum atomic E-state index is -4.08. The molecule has 3 aromatic rings. The lowest BCUT2D eigenvalue weighted by Crippen LogP contribution is -2.06. The molecule has 0 atom stereocenters. The molecule has 0 amide bonds. The summed E-state index contributed by atoms with van der Waals surface area (Å²) in [6.45, 7) is 0. The molecule has 0 aliphatic rings. The maximum Gasteiger partial charge on any atom is 0.297 e. The normalized spacial score (nSPS) is 11.5. The molecule has 116 valence electrons. The summed E-state index contributed by atoms with van der Waals surface area (Å²) in [6, 6.07) is 11.2. The lowest BCUT2D eigenvalue weighted by molar-refractivity contribution is -0.386. The van der Waals surface area contributed by atoms with Gasteiger partial charge in [-0.25, -0.2) is 8.42 Å². The van der Waals surface area contributed by atoms with Crippen LogP contribution in [0, 0.1) is 10.1 Å². The van der Waals surface area contributed by atoms with Crippen LogP contribution in [0.2, 0.25) is 5.02 Å². The molecule has 0 fully saturated rings. The zero-order valence-corrected chi connectivity index (χ0v) is 13.1. The lowest BCUT2D eigenvalue weighted by atomic mass is 10.2. The van der Waals surface area contributed by atoms with Gasteiger partial charge in [-0.05, 0) is 42.5 Å². The maximum absolute atomic E-state index is 12.8. The second kappa shape index (κ2) is 5.60. The third-order valence-electron chi connectivity index (χ3n) is 3.30. The zero-order chi connectivity index (χ0) is 16.6. The Morgan fingerprint density at radius 2 is 1.87 bits per heavy atom. The number of rotatable bonds is 3. The van der Waals surface area contributed by atoms with Gasteiger partial charge in [-0.1, -0.05) is 17.7 Å². The summed E-state index contributed by atoms with van der Waals surface area (Å²) in [5, 5.41) is 11.9. The van der Waals surface area contributed by atoms with Crippen molar-refractivity contribution in [1.82, 2.24) is 4.98 Å². The Hall–Kier alpha value is -2.51. The topological polar surface area (TPSA) is 90.2 Å². The molecule has 0 saturated heterocycles. The van der Waals surface area contributed by atoms with Gasteiger partial charge in [0.25, 0.3) is 5.69 Å². The number of aromatic nitrogens is 1. The van der Waals surface area contributed by atoms with Gasteiger partial charge in [-0.3, -0.25) is 15.1 Å². The highest BCUT2D eigenvalue weighted by Crippen LogP contribution is 2.35. The molecule has 2 aromatic carbocycles. The highest BCUT2D eigenvalue weighted by molar-refractivity contribution is 7.91. The van der Waals surface area contributed by atoms with Crippen molar-refractivity contribution in [2.24, 2.45) is 0 Å². The smallest absolute Gasteiger partial charge is 0.258 e. The van der Waals surface area contributed by atoms with E-state index in [1.165, 1.54) is 54.7 Å². The predicted molar refractivity (Wildman–Crippen MR) is 85.3 cm³/mol. The Kier molecular flexibility index (Phi) is 3.75. The second-order valence-corrected chi connectivity index (χ2v) is 7.05. The number of fused-ring (bicyclic) bond motifs is 1. The molecule has 0 radical (unpaired) electrons. The van der Waals surface area contributed by atoms with E-state index in [1.807, 2.05) is 0 Å². The van der Waals surface area contributed by atoms with E-state index in [0.29, 0.717) is 5.52 Å². The molecular formula is C15H9ClN2O4S. The number of hydrogen-bond acceptors (Lipinski definition) is 5. The number of sulfone groups is 1. The van der Waals surface area contributed by atoms with Crippen molar-refractivity contribution < 1.29 is 13.3 Å². The third-order valence-corrected chi connectivity index (χ3v) is 5.32. The van der Waals surface area contributed by atoms with Crippen molar-refractivity contribution in [1.29, 1.82) is 0 Å². The van der Waals surface area contributed by atoms with E-state index in [9.17, 15) is 18.5 Å². The number of halogens is 1. The number of hydrogen-bond donors (Lipinski definition) is 0. The molecule has 0 spiro atoms. The molecule has 0 aliphatic heterocycles. The largest absolute Gasteiger partial charge is 0.297 e. The molecular weight excluding hydrogens is 340 g/mol. The van der Waals surface area contributed by atoms with Crippen molar-refractivity contribution in [3.8, 4) is 0 Å². The van der Waals surface area contributed by atoms with Crippen LogP contribution < -0.4 is 0 Å². The van der Waals surface area contributed by atoms with E-state index in [-0.39, 0.29) is 20.2 Å². The van der Waals surface area contributed by atoms with E-state index in [0.717, 1.165) is 0 Å². The molecule has 0 bridgehead atoms. The Bertz CT molecular complexity index is 1030. The zero-order valence-electron chi connectivity index (χ0n) is 11.5. The van der Waals surface area contributed by atoms with Crippen LogP contribution in [-0.4, -0.2) is 18.3 Å². The number of benzene rings is 2. The fourth-order valence-corrected chi connectivity index (χ4v) is 4.02. The van der Waals surface area contributed by atoms with Crippen molar-refractivity contribution >= 4 is 38.0 Å². The minimum Gasteiger partial charge on any atom is -0.258 e. The average molecular weight is 349 g/mol. The molecule has 0 N–H and O–H groups in total. The van der Waals surface area contributed by atoms with Gasteiger partial charge >= 0.3 is 0 Å². The first-order valence-electron chi connectivity index (χ1n) is 6.44. The summed E-state index contributed by atoms with van der Waals surface area (Å²) >= 11 is 5.83. The molecule has 3 rings (SSSR count). The summed E-state index contributed by atoms with van der Waals surface area (Å²) in [6.07, 6.45) is 1.48. The van der Waals surface area contributed by atoms with Crippen LogP contribution in [0.1, 0.15) is 0 Å². The Morgan fingerprint density at radius 1 is 1.09 bits per heavy atom. The average Bonchev–Trinajstić information content (AvgIpc) is 2.53. The standard InChI is InChI=1S/C15H9ClN2O4S/c16-10-3-1-4-11(9-10)23(21,22)14-7-6-13-12(5-2-8-17-13)15(14)18(19)20/h1-9H. The van der Waals surface area contributed by atoms with Crippen LogP contribution in [-0.2, 0) is 9.84 Å². The molecule has 0 aliphatic carbocycles. The quantitative estimate of drug-likeness (QED) is 0.532. The van der Waals surface area contributed by atoms with Gasteiger partial charge in [-0.15, -0.1) is 0 Å². The second-order valence-electron chi connectivity index (χ2n) is 4.70. The van der Waals surface area contributed by atoms with Crippen LogP contribution in [0.15, 0.2) is 64.5 Å². The van der Waals surface area contributed by atoms with Gasteiger partial charge in [-0.2, -0.15) is 0 Å². The number of pyridine rings is 1. The summed E-state index contributed by atoms with van der Waals surface area (Å²) in [5.74, 6) is 0. The fourth-order valence-electron chi connectivity index (χ4n) is 2.28. The number of nitro groups is 1. The van der Waals surface area contributed by atoms with Gasteiger partial charge in [0.05, 0.1) is 20.7 Å². The maximum atomic E-state index is 12.8. The van der Waals surface area contributed by atoms with Crippen LogP contribution in [0.25, 0.3) is 10.9 Å².